The number of rotatable bonds is 12. The number of piperidine rings is 1. The molecule has 1 fully saturated rings. The second-order valence-corrected chi connectivity index (χ2v) is 9.84. The second-order valence-electron chi connectivity index (χ2n) is 9.84. The monoisotopic (exact) mass is 529 g/mol. The standard InChI is InChI=1S/C30H35N5O4/c36-20-28-30-27(32-33-28)7-4-8-29(30)34-16-13-23(14-17-34)35(22-5-2-1-3-6-22)18-15-31-19-25(38)21-39-26-11-9-24(37)10-12-26/h1-12,20,23,25,31,37-38H,13-19,21H2,(H,32,33)/t25-/m0/s1. The average Bonchev–Trinajstić information content (AvgIpc) is 3.41. The first kappa shape index (κ1) is 26.5. The van der Waals surface area contributed by atoms with Gasteiger partial charge in [-0.1, -0.05) is 24.3 Å². The van der Waals surface area contributed by atoms with E-state index in [2.05, 4.69) is 55.6 Å². The molecule has 3 aromatic carbocycles. The number of aldehydes is 1. The van der Waals surface area contributed by atoms with E-state index in [0.717, 1.165) is 61.9 Å². The van der Waals surface area contributed by atoms with E-state index in [0.29, 0.717) is 24.0 Å². The molecule has 1 aliphatic rings. The Kier molecular flexibility index (Phi) is 8.60. The molecular weight excluding hydrogens is 494 g/mol. The van der Waals surface area contributed by atoms with Gasteiger partial charge in [0.15, 0.2) is 6.29 Å². The smallest absolute Gasteiger partial charge is 0.171 e. The van der Waals surface area contributed by atoms with E-state index in [9.17, 15) is 15.0 Å². The average molecular weight is 530 g/mol. The molecule has 39 heavy (non-hydrogen) atoms. The number of benzene rings is 3. The predicted octanol–water partition coefficient (Wildman–Crippen LogP) is 3.59. The molecule has 5 rings (SSSR count). The molecular formula is C30H35N5O4. The number of hydrogen-bond acceptors (Lipinski definition) is 8. The molecule has 0 amide bonds. The van der Waals surface area contributed by atoms with Crippen LogP contribution >= 0.6 is 0 Å². The van der Waals surface area contributed by atoms with Crippen molar-refractivity contribution < 1.29 is 19.7 Å². The Morgan fingerprint density at radius 1 is 1.08 bits per heavy atom. The molecule has 0 saturated carbocycles. The second kappa shape index (κ2) is 12.6. The molecule has 9 nitrogen and oxygen atoms in total. The van der Waals surface area contributed by atoms with Crippen molar-refractivity contribution in [3.05, 3.63) is 78.5 Å². The van der Waals surface area contributed by atoms with Crippen molar-refractivity contribution in [1.82, 2.24) is 15.5 Å². The maximum atomic E-state index is 11.6. The number of aliphatic hydroxyl groups is 1. The van der Waals surface area contributed by atoms with Crippen LogP contribution in [0.4, 0.5) is 11.4 Å². The number of fused-ring (bicyclic) bond motifs is 1. The molecule has 1 saturated heterocycles. The molecule has 0 radical (unpaired) electrons. The van der Waals surface area contributed by atoms with Crippen LogP contribution in [0, 0.1) is 0 Å². The lowest BCUT2D eigenvalue weighted by molar-refractivity contribution is 0.106. The maximum Gasteiger partial charge on any atom is 0.171 e. The highest BCUT2D eigenvalue weighted by Gasteiger charge is 2.26. The van der Waals surface area contributed by atoms with Crippen LogP contribution in [0.2, 0.25) is 0 Å². The van der Waals surface area contributed by atoms with Gasteiger partial charge in [0, 0.05) is 50.1 Å². The largest absolute Gasteiger partial charge is 0.508 e. The molecule has 1 aromatic heterocycles. The first-order chi connectivity index (χ1) is 19.1. The number of nitrogens with zero attached hydrogens (tertiary/aromatic N) is 3. The lowest BCUT2D eigenvalue weighted by Crippen LogP contribution is -2.47. The van der Waals surface area contributed by atoms with Crippen LogP contribution in [0.15, 0.2) is 72.8 Å². The molecule has 1 aliphatic heterocycles. The predicted molar refractivity (Wildman–Crippen MR) is 153 cm³/mol. The minimum atomic E-state index is -0.644. The third-order valence-corrected chi connectivity index (χ3v) is 7.23. The Balaban J connectivity index is 1.15. The van der Waals surface area contributed by atoms with Gasteiger partial charge < -0.3 is 30.1 Å². The van der Waals surface area contributed by atoms with Gasteiger partial charge >= 0.3 is 0 Å². The van der Waals surface area contributed by atoms with Crippen molar-refractivity contribution in [2.24, 2.45) is 0 Å². The summed E-state index contributed by atoms with van der Waals surface area (Å²) in [6.45, 7) is 3.91. The molecule has 0 spiro atoms. The number of para-hydroxylation sites is 1. The zero-order valence-corrected chi connectivity index (χ0v) is 21.9. The number of hydrogen-bond donors (Lipinski definition) is 4. The van der Waals surface area contributed by atoms with Crippen molar-refractivity contribution in [3.8, 4) is 11.5 Å². The van der Waals surface area contributed by atoms with Crippen LogP contribution in [0.1, 0.15) is 23.3 Å². The number of aromatic amines is 1. The molecule has 2 heterocycles. The van der Waals surface area contributed by atoms with Crippen LogP contribution in [0.25, 0.3) is 10.9 Å². The van der Waals surface area contributed by atoms with Crippen LogP contribution < -0.4 is 19.9 Å². The van der Waals surface area contributed by atoms with Crippen LogP contribution in [-0.2, 0) is 0 Å². The lowest BCUT2D eigenvalue weighted by Gasteiger charge is -2.41. The van der Waals surface area contributed by atoms with E-state index in [4.69, 9.17) is 4.74 Å². The zero-order chi connectivity index (χ0) is 27.0. The van der Waals surface area contributed by atoms with Crippen LogP contribution in [-0.4, -0.2) is 78.2 Å². The minimum Gasteiger partial charge on any atom is -0.508 e. The molecule has 4 aromatic rings. The SMILES string of the molecule is O=Cc1n[nH]c2cccc(N3CCC(N(CCNC[C@H](O)COc4ccc(O)cc4)c4ccccc4)CC3)c12. The third kappa shape index (κ3) is 6.50. The summed E-state index contributed by atoms with van der Waals surface area (Å²) in [6, 6.07) is 23.3. The first-order valence-corrected chi connectivity index (χ1v) is 13.4. The number of phenolic OH excluding ortho intramolecular Hbond substituents is 1. The third-order valence-electron chi connectivity index (χ3n) is 7.23. The number of nitrogens with one attached hydrogen (secondary N) is 2. The van der Waals surface area contributed by atoms with Crippen molar-refractivity contribution in [3.63, 3.8) is 0 Å². The highest BCUT2D eigenvalue weighted by molar-refractivity contribution is 6.02. The number of anilines is 2. The highest BCUT2D eigenvalue weighted by atomic mass is 16.5. The van der Waals surface area contributed by atoms with Crippen LogP contribution in [0.5, 0.6) is 11.5 Å². The summed E-state index contributed by atoms with van der Waals surface area (Å²) in [4.78, 5) is 16.4. The minimum absolute atomic E-state index is 0.174. The molecule has 0 aliphatic carbocycles. The van der Waals surface area contributed by atoms with Gasteiger partial charge in [0.05, 0.1) is 10.9 Å². The van der Waals surface area contributed by atoms with E-state index >= 15 is 0 Å². The van der Waals surface area contributed by atoms with Gasteiger partial charge in [-0.05, 0) is 61.4 Å². The van der Waals surface area contributed by atoms with Gasteiger partial charge in [0.1, 0.15) is 29.9 Å². The topological polar surface area (TPSA) is 114 Å². The number of carbonyl (C=O) groups is 1. The fourth-order valence-corrected chi connectivity index (χ4v) is 5.25. The number of ether oxygens (including phenoxy) is 1. The van der Waals surface area contributed by atoms with Crippen molar-refractivity contribution in [2.75, 3.05) is 49.1 Å². The quantitative estimate of drug-likeness (QED) is 0.163. The zero-order valence-electron chi connectivity index (χ0n) is 21.9. The molecule has 204 valence electrons. The molecule has 0 unspecified atom stereocenters. The van der Waals surface area contributed by atoms with Crippen molar-refractivity contribution in [1.29, 1.82) is 0 Å². The van der Waals surface area contributed by atoms with E-state index in [1.54, 1.807) is 24.3 Å². The van der Waals surface area contributed by atoms with E-state index < -0.39 is 6.10 Å². The van der Waals surface area contributed by atoms with Gasteiger partial charge in [-0.3, -0.25) is 9.89 Å². The Morgan fingerprint density at radius 3 is 2.59 bits per heavy atom. The van der Waals surface area contributed by atoms with E-state index in [-0.39, 0.29) is 12.4 Å². The number of aliphatic hydroxyl groups excluding tert-OH is 1. The maximum absolute atomic E-state index is 11.6. The molecule has 4 N–H and O–H groups in total. The van der Waals surface area contributed by atoms with Crippen molar-refractivity contribution in [2.45, 2.75) is 25.0 Å². The van der Waals surface area contributed by atoms with E-state index in [1.807, 2.05) is 18.2 Å². The van der Waals surface area contributed by atoms with Gasteiger partial charge in [-0.15, -0.1) is 0 Å². The normalized spacial score (nSPS) is 14.8. The number of H-pyrrole nitrogens is 1. The summed E-state index contributed by atoms with van der Waals surface area (Å²) in [5.74, 6) is 0.792. The Labute approximate surface area is 228 Å². The van der Waals surface area contributed by atoms with Crippen molar-refractivity contribution >= 4 is 28.6 Å². The number of aromatic hydroxyl groups is 1. The molecule has 0 bridgehead atoms. The molecule has 1 atom stereocenters. The van der Waals surface area contributed by atoms with Gasteiger partial charge in [-0.25, -0.2) is 0 Å². The highest BCUT2D eigenvalue weighted by Crippen LogP contribution is 2.31. The fraction of sp³-hybridized carbons (Fsp3) is 0.333. The first-order valence-electron chi connectivity index (χ1n) is 13.4. The summed E-state index contributed by atoms with van der Waals surface area (Å²) in [5, 5.41) is 31.1. The number of aromatic nitrogens is 2. The van der Waals surface area contributed by atoms with Gasteiger partial charge in [0.2, 0.25) is 0 Å². The number of phenols is 1. The Bertz CT molecular complexity index is 1340. The summed E-state index contributed by atoms with van der Waals surface area (Å²) < 4.78 is 5.61. The fourth-order valence-electron chi connectivity index (χ4n) is 5.25. The van der Waals surface area contributed by atoms with Gasteiger partial charge in [-0.2, -0.15) is 5.10 Å². The van der Waals surface area contributed by atoms with Gasteiger partial charge in [0.25, 0.3) is 0 Å². The summed E-state index contributed by atoms with van der Waals surface area (Å²) in [5.41, 5.74) is 3.58. The Morgan fingerprint density at radius 2 is 1.85 bits per heavy atom. The summed E-state index contributed by atoms with van der Waals surface area (Å²) in [6.07, 6.45) is 2.15. The number of carbonyl (C=O) groups excluding carboxylic acids is 1. The summed E-state index contributed by atoms with van der Waals surface area (Å²) in [7, 11) is 0. The van der Waals surface area contributed by atoms with E-state index in [1.165, 1.54) is 5.69 Å². The lowest BCUT2D eigenvalue weighted by atomic mass is 10.0. The Hall–Kier alpha value is -4.08. The molecule has 9 heteroatoms. The van der Waals surface area contributed by atoms with Crippen LogP contribution in [0.3, 0.4) is 0 Å². The summed E-state index contributed by atoms with van der Waals surface area (Å²) >= 11 is 0.